The summed E-state index contributed by atoms with van der Waals surface area (Å²) in [5.41, 5.74) is 1.30. The summed E-state index contributed by atoms with van der Waals surface area (Å²) < 4.78 is 11.6. The summed E-state index contributed by atoms with van der Waals surface area (Å²) in [6, 6.07) is 0. The lowest BCUT2D eigenvalue weighted by Gasteiger charge is -2.58. The number of carbonyl (C=O) groups is 2. The van der Waals surface area contributed by atoms with E-state index >= 15 is 0 Å². The maximum atomic E-state index is 12.5. The molecule has 0 aromatic carbocycles. The van der Waals surface area contributed by atoms with E-state index in [1.165, 1.54) is 18.9 Å². The van der Waals surface area contributed by atoms with Crippen LogP contribution in [0.2, 0.25) is 0 Å². The van der Waals surface area contributed by atoms with E-state index in [1.807, 2.05) is 0 Å². The van der Waals surface area contributed by atoms with Gasteiger partial charge in [-0.15, -0.1) is 0 Å². The molecule has 0 radical (unpaired) electrons. The number of Topliss-reactive ketones (excluding diaryl/α,β-unsaturated/α-hetero) is 1. The molecule has 0 amide bonds. The highest BCUT2D eigenvalue weighted by molar-refractivity contribution is 5.90. The highest BCUT2D eigenvalue weighted by atomic mass is 16.6. The lowest BCUT2D eigenvalue weighted by Crippen LogP contribution is -2.54. The monoisotopic (exact) mass is 372 g/mol. The van der Waals surface area contributed by atoms with Crippen molar-refractivity contribution in [2.45, 2.75) is 90.4 Å². The van der Waals surface area contributed by atoms with E-state index in [4.69, 9.17) is 9.47 Å². The summed E-state index contributed by atoms with van der Waals surface area (Å²) in [7, 11) is 0. The van der Waals surface area contributed by atoms with Crippen LogP contribution in [0.25, 0.3) is 0 Å². The fraction of sp³-hybridized carbons (Fsp3) is 0.826. The molecule has 4 nitrogen and oxygen atoms in total. The van der Waals surface area contributed by atoms with Crippen LogP contribution in [0.3, 0.4) is 0 Å². The fourth-order valence-electron chi connectivity index (χ4n) is 8.03. The van der Waals surface area contributed by atoms with Gasteiger partial charge in [0, 0.05) is 18.8 Å². The Bertz CT molecular complexity index is 741. The van der Waals surface area contributed by atoms with E-state index in [0.29, 0.717) is 17.8 Å². The summed E-state index contributed by atoms with van der Waals surface area (Å²) in [6.45, 7) is 8.03. The van der Waals surface area contributed by atoms with Gasteiger partial charge in [-0.1, -0.05) is 25.5 Å². The molecule has 4 aliphatic carbocycles. The summed E-state index contributed by atoms with van der Waals surface area (Å²) in [5, 5.41) is 0. The second-order valence-electron chi connectivity index (χ2n) is 10.3. The summed E-state index contributed by atoms with van der Waals surface area (Å²) in [6.07, 6.45) is 10.1. The van der Waals surface area contributed by atoms with Crippen molar-refractivity contribution in [3.8, 4) is 0 Å². The number of epoxide rings is 1. The average Bonchev–Trinajstić information content (AvgIpc) is 3.27. The first kappa shape index (κ1) is 17.9. The molecule has 27 heavy (non-hydrogen) atoms. The number of allylic oxidation sites excluding steroid dienone is 1. The van der Waals surface area contributed by atoms with Crippen molar-refractivity contribution >= 4 is 11.8 Å². The molecule has 3 saturated carbocycles. The maximum absolute atomic E-state index is 12.5. The van der Waals surface area contributed by atoms with Crippen molar-refractivity contribution in [3.63, 3.8) is 0 Å². The number of ketones is 1. The number of ether oxygens (including phenoxy) is 2. The summed E-state index contributed by atoms with van der Waals surface area (Å²) in [5.74, 6) is 2.03. The van der Waals surface area contributed by atoms with Crippen molar-refractivity contribution in [1.82, 2.24) is 0 Å². The standard InChI is InChI=1S/C23H32O4/c1-13(24)23-20(27-23)12-19-17-6-5-15-11-16(26-14(2)25)7-9-21(15,3)18(17)8-10-22(19,23)4/h5,16-20H,6-12H2,1-4H3. The molecule has 8 unspecified atom stereocenters. The van der Waals surface area contributed by atoms with Gasteiger partial charge in [0.1, 0.15) is 6.10 Å². The molecular weight excluding hydrogens is 340 g/mol. The third-order valence-corrected chi connectivity index (χ3v) is 9.34. The normalized spacial score (nSPS) is 52.6. The van der Waals surface area contributed by atoms with E-state index in [9.17, 15) is 9.59 Å². The number of esters is 1. The van der Waals surface area contributed by atoms with Gasteiger partial charge in [0.2, 0.25) is 0 Å². The zero-order valence-electron chi connectivity index (χ0n) is 17.0. The van der Waals surface area contributed by atoms with E-state index in [0.717, 1.165) is 38.5 Å². The highest BCUT2D eigenvalue weighted by Crippen LogP contribution is 2.73. The minimum Gasteiger partial charge on any atom is -0.462 e. The molecular formula is C23H32O4. The second kappa shape index (κ2) is 5.46. The lowest BCUT2D eigenvalue weighted by atomic mass is 9.47. The van der Waals surface area contributed by atoms with Crippen molar-refractivity contribution < 1.29 is 19.1 Å². The number of fused-ring (bicyclic) bond motifs is 7. The summed E-state index contributed by atoms with van der Waals surface area (Å²) in [4.78, 5) is 23.8. The number of carbonyl (C=O) groups excluding carboxylic acids is 2. The smallest absolute Gasteiger partial charge is 0.302 e. The van der Waals surface area contributed by atoms with Gasteiger partial charge in [-0.3, -0.25) is 9.59 Å². The zero-order valence-corrected chi connectivity index (χ0v) is 17.0. The Kier molecular flexibility index (Phi) is 3.62. The molecule has 4 heteroatoms. The van der Waals surface area contributed by atoms with Crippen LogP contribution in [-0.4, -0.2) is 29.6 Å². The van der Waals surface area contributed by atoms with Crippen LogP contribution in [-0.2, 0) is 19.1 Å². The first-order valence-corrected chi connectivity index (χ1v) is 10.8. The van der Waals surface area contributed by atoms with E-state index in [-0.39, 0.29) is 34.8 Å². The lowest BCUT2D eigenvalue weighted by molar-refractivity contribution is -0.149. The third kappa shape index (κ3) is 2.14. The van der Waals surface area contributed by atoms with Crippen LogP contribution in [0, 0.1) is 28.6 Å². The maximum Gasteiger partial charge on any atom is 0.302 e. The minimum absolute atomic E-state index is 0.0152. The van der Waals surface area contributed by atoms with Gasteiger partial charge < -0.3 is 9.47 Å². The van der Waals surface area contributed by atoms with Crippen LogP contribution in [0.4, 0.5) is 0 Å². The average molecular weight is 373 g/mol. The molecule has 4 fully saturated rings. The van der Waals surface area contributed by atoms with E-state index < -0.39 is 5.60 Å². The number of rotatable bonds is 2. The zero-order chi connectivity index (χ0) is 19.2. The van der Waals surface area contributed by atoms with Gasteiger partial charge in [-0.25, -0.2) is 0 Å². The van der Waals surface area contributed by atoms with Crippen molar-refractivity contribution in [3.05, 3.63) is 11.6 Å². The molecule has 0 aromatic heterocycles. The Morgan fingerprint density at radius 1 is 1.15 bits per heavy atom. The Morgan fingerprint density at radius 2 is 1.93 bits per heavy atom. The van der Waals surface area contributed by atoms with E-state index in [2.05, 4.69) is 19.9 Å². The Morgan fingerprint density at radius 3 is 2.63 bits per heavy atom. The van der Waals surface area contributed by atoms with Gasteiger partial charge >= 0.3 is 5.97 Å². The van der Waals surface area contributed by atoms with Gasteiger partial charge in [0.05, 0.1) is 6.10 Å². The van der Waals surface area contributed by atoms with E-state index in [1.54, 1.807) is 6.92 Å². The van der Waals surface area contributed by atoms with Crippen LogP contribution in [0.15, 0.2) is 11.6 Å². The minimum atomic E-state index is -0.472. The first-order chi connectivity index (χ1) is 12.7. The Hall–Kier alpha value is -1.16. The molecule has 1 saturated heterocycles. The molecule has 5 aliphatic rings. The predicted octanol–water partition coefficient (Wildman–Crippen LogP) is 4.22. The van der Waals surface area contributed by atoms with Crippen molar-refractivity contribution in [2.24, 2.45) is 28.6 Å². The highest BCUT2D eigenvalue weighted by Gasteiger charge is 2.79. The van der Waals surface area contributed by atoms with Crippen LogP contribution >= 0.6 is 0 Å². The van der Waals surface area contributed by atoms with Gasteiger partial charge in [-0.2, -0.15) is 0 Å². The quantitative estimate of drug-likeness (QED) is 0.414. The molecule has 0 aromatic rings. The van der Waals surface area contributed by atoms with Crippen LogP contribution in [0.5, 0.6) is 0 Å². The molecule has 1 heterocycles. The van der Waals surface area contributed by atoms with Crippen LogP contribution < -0.4 is 0 Å². The largest absolute Gasteiger partial charge is 0.462 e. The summed E-state index contributed by atoms with van der Waals surface area (Å²) >= 11 is 0. The molecule has 1 aliphatic heterocycles. The molecule has 0 N–H and O–H groups in total. The fourth-order valence-corrected chi connectivity index (χ4v) is 8.03. The third-order valence-electron chi connectivity index (χ3n) is 9.34. The Labute approximate surface area is 162 Å². The van der Waals surface area contributed by atoms with Crippen LogP contribution in [0.1, 0.15) is 72.6 Å². The van der Waals surface area contributed by atoms with Gasteiger partial charge in [0.15, 0.2) is 11.4 Å². The molecule has 0 spiro atoms. The van der Waals surface area contributed by atoms with Crippen molar-refractivity contribution in [2.75, 3.05) is 0 Å². The first-order valence-electron chi connectivity index (χ1n) is 10.8. The molecule has 148 valence electrons. The molecule has 5 rings (SSSR count). The number of hydrogen-bond donors (Lipinski definition) is 0. The number of hydrogen-bond acceptors (Lipinski definition) is 4. The van der Waals surface area contributed by atoms with Gasteiger partial charge in [-0.05, 0) is 68.6 Å². The second-order valence-corrected chi connectivity index (χ2v) is 10.3. The van der Waals surface area contributed by atoms with Crippen molar-refractivity contribution in [1.29, 1.82) is 0 Å². The molecule has 0 bridgehead atoms. The Balaban J connectivity index is 1.43. The topological polar surface area (TPSA) is 55.9 Å². The molecule has 8 atom stereocenters. The van der Waals surface area contributed by atoms with Gasteiger partial charge in [0.25, 0.3) is 0 Å². The SMILES string of the molecule is CC(=O)OC1CCC2(C)C(=CCC3C2CCC2(C)C3CC3OC32C(C)=O)C1. The predicted molar refractivity (Wildman–Crippen MR) is 101 cm³/mol.